The molecule has 6 nitrogen and oxygen atoms in total. The van der Waals surface area contributed by atoms with E-state index in [1.54, 1.807) is 7.05 Å². The summed E-state index contributed by atoms with van der Waals surface area (Å²) < 4.78 is 0. The summed E-state index contributed by atoms with van der Waals surface area (Å²) in [6, 6.07) is 0.729. The molecule has 0 saturated carbocycles. The molecular weight excluding hydrogens is 429 g/mol. The fourth-order valence-corrected chi connectivity index (χ4v) is 3.16. The molecule has 25 heavy (non-hydrogen) atoms. The number of piperidine rings is 1. The predicted molar refractivity (Wildman–Crippen MR) is 117 cm³/mol. The van der Waals surface area contributed by atoms with Crippen LogP contribution in [0, 0.1) is 5.41 Å². The summed E-state index contributed by atoms with van der Waals surface area (Å²) in [7, 11) is 1.67. The molecule has 1 rings (SSSR count). The van der Waals surface area contributed by atoms with Gasteiger partial charge in [-0.2, -0.15) is 0 Å². The van der Waals surface area contributed by atoms with Crippen LogP contribution in [0.2, 0.25) is 0 Å². The van der Waals surface area contributed by atoms with E-state index in [0.29, 0.717) is 6.54 Å². The van der Waals surface area contributed by atoms with E-state index >= 15 is 0 Å². The summed E-state index contributed by atoms with van der Waals surface area (Å²) in [6.07, 6.45) is 5.23. The van der Waals surface area contributed by atoms with Crippen molar-refractivity contribution in [3.63, 3.8) is 0 Å². The summed E-state index contributed by atoms with van der Waals surface area (Å²) >= 11 is 0. The first-order valence-corrected chi connectivity index (χ1v) is 9.43. The lowest BCUT2D eigenvalue weighted by Gasteiger charge is -2.35. The number of aliphatic imine (C=N–C) groups is 1. The maximum absolute atomic E-state index is 11.9. The normalized spacial score (nSPS) is 19.1. The minimum atomic E-state index is -0.503. The lowest BCUT2D eigenvalue weighted by Crippen LogP contribution is -2.46. The van der Waals surface area contributed by atoms with E-state index in [9.17, 15) is 4.79 Å². The van der Waals surface area contributed by atoms with Crippen LogP contribution in [0.25, 0.3) is 0 Å². The molecule has 148 valence electrons. The van der Waals surface area contributed by atoms with Crippen LogP contribution in [0.4, 0.5) is 0 Å². The van der Waals surface area contributed by atoms with Crippen LogP contribution in [-0.4, -0.2) is 62.6 Å². The van der Waals surface area contributed by atoms with E-state index < -0.39 is 5.41 Å². The van der Waals surface area contributed by atoms with Crippen LogP contribution in [0.5, 0.6) is 0 Å². The van der Waals surface area contributed by atoms with E-state index in [0.717, 1.165) is 31.6 Å². The molecule has 1 atom stereocenters. The molecule has 0 spiro atoms. The van der Waals surface area contributed by atoms with Crippen molar-refractivity contribution in [2.24, 2.45) is 10.4 Å². The van der Waals surface area contributed by atoms with Crippen molar-refractivity contribution in [3.8, 4) is 0 Å². The van der Waals surface area contributed by atoms with Gasteiger partial charge in [-0.15, -0.1) is 24.0 Å². The molecule has 0 bridgehead atoms. The van der Waals surface area contributed by atoms with Gasteiger partial charge in [-0.05, 0) is 46.6 Å². The van der Waals surface area contributed by atoms with Gasteiger partial charge < -0.3 is 16.0 Å². The topological polar surface area (TPSA) is 68.8 Å². The summed E-state index contributed by atoms with van der Waals surface area (Å²) in [5.74, 6) is 0.806. The van der Waals surface area contributed by atoms with Gasteiger partial charge in [0, 0.05) is 32.7 Å². The summed E-state index contributed by atoms with van der Waals surface area (Å²) in [6.45, 7) is 12.6. The van der Waals surface area contributed by atoms with Gasteiger partial charge in [0.15, 0.2) is 5.96 Å². The second-order valence-corrected chi connectivity index (χ2v) is 7.18. The number of likely N-dealkylation sites (tertiary alicyclic amines) is 1. The molecule has 1 unspecified atom stereocenters. The first-order valence-electron chi connectivity index (χ1n) is 9.43. The van der Waals surface area contributed by atoms with Gasteiger partial charge in [-0.25, -0.2) is 0 Å². The first kappa shape index (κ1) is 24.4. The van der Waals surface area contributed by atoms with Crippen molar-refractivity contribution >= 4 is 35.8 Å². The number of rotatable bonds is 8. The third kappa shape index (κ3) is 8.57. The third-order valence-corrected chi connectivity index (χ3v) is 4.73. The Morgan fingerprint density at radius 3 is 2.56 bits per heavy atom. The highest BCUT2D eigenvalue weighted by Gasteiger charge is 2.26. The monoisotopic (exact) mass is 467 g/mol. The second kappa shape index (κ2) is 12.7. The van der Waals surface area contributed by atoms with Gasteiger partial charge in [-0.1, -0.05) is 13.3 Å². The highest BCUT2D eigenvalue weighted by molar-refractivity contribution is 14.0. The number of guanidine groups is 1. The first-order chi connectivity index (χ1) is 11.4. The van der Waals surface area contributed by atoms with Crippen molar-refractivity contribution in [3.05, 3.63) is 0 Å². The Bertz CT molecular complexity index is 414. The Morgan fingerprint density at radius 1 is 1.24 bits per heavy atom. The van der Waals surface area contributed by atoms with Crippen molar-refractivity contribution in [2.45, 2.75) is 59.4 Å². The van der Waals surface area contributed by atoms with Crippen molar-refractivity contribution in [2.75, 3.05) is 39.8 Å². The molecule has 1 amide bonds. The number of carbonyl (C=O) groups is 1. The average molecular weight is 467 g/mol. The Labute approximate surface area is 171 Å². The quantitative estimate of drug-likeness (QED) is 0.291. The molecule has 0 aromatic rings. The van der Waals surface area contributed by atoms with Gasteiger partial charge in [-0.3, -0.25) is 14.7 Å². The van der Waals surface area contributed by atoms with E-state index in [1.165, 1.54) is 32.2 Å². The molecule has 0 aromatic heterocycles. The minimum Gasteiger partial charge on any atom is -0.359 e. The lowest BCUT2D eigenvalue weighted by molar-refractivity contribution is -0.128. The largest absolute Gasteiger partial charge is 0.359 e. The molecular formula is C18H38IN5O. The molecule has 1 aliphatic heterocycles. The van der Waals surface area contributed by atoms with Gasteiger partial charge >= 0.3 is 0 Å². The van der Waals surface area contributed by atoms with E-state index in [-0.39, 0.29) is 29.9 Å². The van der Waals surface area contributed by atoms with Crippen LogP contribution in [0.15, 0.2) is 4.99 Å². The van der Waals surface area contributed by atoms with Crippen LogP contribution in [0.3, 0.4) is 0 Å². The molecule has 1 saturated heterocycles. The fourth-order valence-electron chi connectivity index (χ4n) is 3.16. The maximum Gasteiger partial charge on any atom is 0.227 e. The number of nitrogens with one attached hydrogen (secondary N) is 3. The lowest BCUT2D eigenvalue weighted by atomic mass is 9.93. The Hall–Kier alpha value is -0.570. The summed E-state index contributed by atoms with van der Waals surface area (Å²) in [4.78, 5) is 19.0. The average Bonchev–Trinajstić information content (AvgIpc) is 2.59. The number of hydrogen-bond acceptors (Lipinski definition) is 3. The highest BCUT2D eigenvalue weighted by atomic mass is 127. The minimum absolute atomic E-state index is 0. The molecule has 0 aliphatic carbocycles. The van der Waals surface area contributed by atoms with Gasteiger partial charge in [0.25, 0.3) is 0 Å². The highest BCUT2D eigenvalue weighted by Crippen LogP contribution is 2.18. The third-order valence-electron chi connectivity index (χ3n) is 4.73. The van der Waals surface area contributed by atoms with Crippen molar-refractivity contribution in [1.82, 2.24) is 20.9 Å². The van der Waals surface area contributed by atoms with Gasteiger partial charge in [0.05, 0.1) is 12.0 Å². The zero-order valence-corrected chi connectivity index (χ0v) is 19.0. The Morgan fingerprint density at radius 2 is 1.96 bits per heavy atom. The SMILES string of the molecule is CCNC(=NCC(C)(C)C(=O)NC)NCCN1CCCCC1CC.I. The smallest absolute Gasteiger partial charge is 0.227 e. The van der Waals surface area contributed by atoms with E-state index in [1.807, 2.05) is 13.8 Å². The second-order valence-electron chi connectivity index (χ2n) is 7.18. The van der Waals surface area contributed by atoms with E-state index in [4.69, 9.17) is 0 Å². The summed E-state index contributed by atoms with van der Waals surface area (Å²) in [5, 5.41) is 9.37. The Balaban J connectivity index is 0.00000576. The molecule has 1 fully saturated rings. The van der Waals surface area contributed by atoms with Crippen LogP contribution in [-0.2, 0) is 4.79 Å². The van der Waals surface area contributed by atoms with Crippen molar-refractivity contribution < 1.29 is 4.79 Å². The number of carbonyl (C=O) groups excluding carboxylic acids is 1. The molecule has 3 N–H and O–H groups in total. The molecule has 0 radical (unpaired) electrons. The fraction of sp³-hybridized carbons (Fsp3) is 0.889. The standard InChI is InChI=1S/C18H37N5O.HI/c1-6-15-10-8-9-12-23(15)13-11-21-17(20-7-2)22-14-18(3,4)16(24)19-5;/h15H,6-14H2,1-5H3,(H,19,24)(H2,20,21,22);1H. The summed E-state index contributed by atoms with van der Waals surface area (Å²) in [5.41, 5.74) is -0.503. The number of halogens is 1. The van der Waals surface area contributed by atoms with Gasteiger partial charge in [0.1, 0.15) is 0 Å². The predicted octanol–water partition coefficient (Wildman–Crippen LogP) is 2.20. The zero-order chi connectivity index (χ0) is 18.0. The molecule has 7 heteroatoms. The Kier molecular flexibility index (Phi) is 12.4. The number of nitrogens with zero attached hydrogens (tertiary/aromatic N) is 2. The van der Waals surface area contributed by atoms with Gasteiger partial charge in [0.2, 0.25) is 5.91 Å². The zero-order valence-electron chi connectivity index (χ0n) is 16.7. The molecule has 0 aromatic carbocycles. The maximum atomic E-state index is 11.9. The number of amides is 1. The molecule has 1 aliphatic rings. The van der Waals surface area contributed by atoms with Crippen molar-refractivity contribution in [1.29, 1.82) is 0 Å². The molecule has 1 heterocycles. The van der Waals surface area contributed by atoms with Crippen LogP contribution in [0.1, 0.15) is 53.4 Å². The van der Waals surface area contributed by atoms with E-state index in [2.05, 4.69) is 39.7 Å². The van der Waals surface area contributed by atoms with Crippen LogP contribution >= 0.6 is 24.0 Å². The van der Waals surface area contributed by atoms with Crippen LogP contribution < -0.4 is 16.0 Å². The number of hydrogen-bond donors (Lipinski definition) is 3.